The van der Waals surface area contributed by atoms with Gasteiger partial charge in [-0.3, -0.25) is 4.79 Å². The summed E-state index contributed by atoms with van der Waals surface area (Å²) in [4.78, 5) is 27.3. The van der Waals surface area contributed by atoms with Gasteiger partial charge < -0.3 is 9.30 Å². The lowest BCUT2D eigenvalue weighted by molar-refractivity contribution is 0.0526. The van der Waals surface area contributed by atoms with E-state index in [0.717, 1.165) is 36.9 Å². The summed E-state index contributed by atoms with van der Waals surface area (Å²) in [5, 5.41) is 0.465. The molecule has 0 fully saturated rings. The van der Waals surface area contributed by atoms with Crippen molar-refractivity contribution in [2.75, 3.05) is 6.61 Å². The van der Waals surface area contributed by atoms with Crippen molar-refractivity contribution < 1.29 is 14.3 Å². The van der Waals surface area contributed by atoms with Crippen molar-refractivity contribution in [2.45, 2.75) is 39.7 Å². The minimum absolute atomic E-state index is 0.316. The second-order valence-corrected chi connectivity index (χ2v) is 5.84. The third-order valence-corrected chi connectivity index (χ3v) is 4.09. The summed E-state index contributed by atoms with van der Waals surface area (Å²) in [5.74, 6) is 0.468. The average Bonchev–Trinajstić information content (AvgIpc) is 2.96. The molecule has 0 unspecified atom stereocenters. The van der Waals surface area contributed by atoms with E-state index in [9.17, 15) is 9.59 Å². The molecule has 0 saturated carbocycles. The topological polar surface area (TPSA) is 61.2 Å². The van der Waals surface area contributed by atoms with Crippen LogP contribution in [-0.2, 0) is 17.7 Å². The molecule has 0 aliphatic rings. The number of aromatic nitrogens is 2. The zero-order valence-corrected chi connectivity index (χ0v) is 14.7. The van der Waals surface area contributed by atoms with Crippen molar-refractivity contribution in [3.8, 4) is 0 Å². The fourth-order valence-corrected chi connectivity index (χ4v) is 2.67. The number of esters is 1. The molecule has 0 aliphatic carbocycles. The number of hydrogen-bond donors (Lipinski definition) is 0. The highest BCUT2D eigenvalue weighted by molar-refractivity contribution is 6.31. The number of hydrogen-bond acceptors (Lipinski definition) is 4. The number of carbonyl (C=O) groups is 2. The van der Waals surface area contributed by atoms with Gasteiger partial charge in [-0.25, -0.2) is 9.78 Å². The van der Waals surface area contributed by atoms with E-state index in [4.69, 9.17) is 16.3 Å². The molecule has 0 amide bonds. The molecule has 0 spiro atoms. The minimum atomic E-state index is -0.397. The zero-order valence-electron chi connectivity index (χ0n) is 13.9. The summed E-state index contributed by atoms with van der Waals surface area (Å²) in [6.07, 6.45) is 5.24. The molecule has 128 valence electrons. The molecular weight excluding hydrogens is 328 g/mol. The maximum atomic E-state index is 11.8. The van der Waals surface area contributed by atoms with Crippen LogP contribution in [0.25, 0.3) is 0 Å². The number of halogens is 1. The summed E-state index contributed by atoms with van der Waals surface area (Å²) in [7, 11) is 0. The molecule has 6 heteroatoms. The third kappa shape index (κ3) is 4.23. The highest BCUT2D eigenvalue weighted by atomic mass is 35.5. The standard InChI is InChI=1S/C18H21ClN2O3/c1-3-5-6-17-20-10-15(12-22)21(17)11-14-8-7-13(9-16(14)19)18(23)24-4-2/h7-10,12H,3-6,11H2,1-2H3. The molecule has 0 bridgehead atoms. The number of imidazole rings is 1. The first-order chi connectivity index (χ1) is 11.6. The molecule has 2 rings (SSSR count). The molecule has 0 atom stereocenters. The lowest BCUT2D eigenvalue weighted by Gasteiger charge is -2.12. The summed E-state index contributed by atoms with van der Waals surface area (Å²) in [5.41, 5.74) is 1.76. The summed E-state index contributed by atoms with van der Waals surface area (Å²) in [6.45, 7) is 4.62. The Morgan fingerprint density at radius 2 is 2.17 bits per heavy atom. The van der Waals surface area contributed by atoms with Gasteiger partial charge in [-0.15, -0.1) is 0 Å². The molecule has 1 aromatic carbocycles. The predicted octanol–water partition coefficient (Wildman–Crippen LogP) is 3.92. The second kappa shape index (κ2) is 8.64. The van der Waals surface area contributed by atoms with E-state index in [1.807, 2.05) is 4.57 Å². The van der Waals surface area contributed by atoms with E-state index in [2.05, 4.69) is 11.9 Å². The first-order valence-electron chi connectivity index (χ1n) is 8.05. The molecular formula is C18H21ClN2O3. The molecule has 5 nitrogen and oxygen atoms in total. The Labute approximate surface area is 146 Å². The van der Waals surface area contributed by atoms with Crippen LogP contribution in [0.2, 0.25) is 5.02 Å². The molecule has 1 aromatic heterocycles. The van der Waals surface area contributed by atoms with Crippen LogP contribution < -0.4 is 0 Å². The van der Waals surface area contributed by atoms with Gasteiger partial charge in [0.25, 0.3) is 0 Å². The maximum absolute atomic E-state index is 11.8. The molecule has 2 aromatic rings. The fraction of sp³-hybridized carbons (Fsp3) is 0.389. The number of aldehydes is 1. The monoisotopic (exact) mass is 348 g/mol. The number of aryl methyl sites for hydroxylation is 1. The summed E-state index contributed by atoms with van der Waals surface area (Å²) >= 11 is 6.31. The Balaban J connectivity index is 2.26. The second-order valence-electron chi connectivity index (χ2n) is 5.43. The normalized spacial score (nSPS) is 10.6. The molecule has 1 heterocycles. The Kier molecular flexibility index (Phi) is 6.55. The predicted molar refractivity (Wildman–Crippen MR) is 92.7 cm³/mol. The Bertz CT molecular complexity index is 725. The van der Waals surface area contributed by atoms with Crippen LogP contribution in [0.3, 0.4) is 0 Å². The van der Waals surface area contributed by atoms with Gasteiger partial charge in [0, 0.05) is 11.4 Å². The van der Waals surface area contributed by atoms with Crippen molar-refractivity contribution in [2.24, 2.45) is 0 Å². The van der Waals surface area contributed by atoms with Gasteiger partial charge in [0.1, 0.15) is 11.5 Å². The van der Waals surface area contributed by atoms with Crippen LogP contribution in [0.15, 0.2) is 24.4 Å². The van der Waals surface area contributed by atoms with Gasteiger partial charge in [-0.1, -0.05) is 31.0 Å². The first-order valence-corrected chi connectivity index (χ1v) is 8.43. The highest BCUT2D eigenvalue weighted by Crippen LogP contribution is 2.21. The number of unbranched alkanes of at least 4 members (excludes halogenated alkanes) is 1. The van der Waals surface area contributed by atoms with E-state index < -0.39 is 5.97 Å². The van der Waals surface area contributed by atoms with Gasteiger partial charge in [-0.05, 0) is 31.0 Å². The summed E-state index contributed by atoms with van der Waals surface area (Å²) < 4.78 is 6.84. The van der Waals surface area contributed by atoms with E-state index in [-0.39, 0.29) is 0 Å². The van der Waals surface area contributed by atoms with Crippen LogP contribution in [0.4, 0.5) is 0 Å². The molecule has 0 aliphatic heterocycles. The van der Waals surface area contributed by atoms with Crippen LogP contribution >= 0.6 is 11.6 Å². The Morgan fingerprint density at radius 1 is 1.38 bits per heavy atom. The number of carbonyl (C=O) groups excluding carboxylic acids is 2. The summed E-state index contributed by atoms with van der Waals surface area (Å²) in [6, 6.07) is 5.06. The van der Waals surface area contributed by atoms with E-state index in [0.29, 0.717) is 29.4 Å². The minimum Gasteiger partial charge on any atom is -0.462 e. The van der Waals surface area contributed by atoms with Crippen LogP contribution in [0, 0.1) is 0 Å². The Hall–Kier alpha value is -2.14. The number of ether oxygens (including phenoxy) is 1. The average molecular weight is 349 g/mol. The van der Waals surface area contributed by atoms with Crippen molar-refractivity contribution in [1.82, 2.24) is 9.55 Å². The van der Waals surface area contributed by atoms with Crippen LogP contribution in [0.5, 0.6) is 0 Å². The van der Waals surface area contributed by atoms with E-state index in [1.54, 1.807) is 31.3 Å². The van der Waals surface area contributed by atoms with Crippen molar-refractivity contribution in [1.29, 1.82) is 0 Å². The van der Waals surface area contributed by atoms with Crippen molar-refractivity contribution in [3.05, 3.63) is 52.1 Å². The number of nitrogens with zero attached hydrogens (tertiary/aromatic N) is 2. The zero-order chi connectivity index (χ0) is 17.5. The van der Waals surface area contributed by atoms with Gasteiger partial charge in [-0.2, -0.15) is 0 Å². The van der Waals surface area contributed by atoms with Gasteiger partial charge in [0.2, 0.25) is 0 Å². The SMILES string of the molecule is CCCCc1ncc(C=O)n1Cc1ccc(C(=O)OCC)cc1Cl. The third-order valence-electron chi connectivity index (χ3n) is 3.74. The van der Waals surface area contributed by atoms with Gasteiger partial charge in [0.15, 0.2) is 6.29 Å². The van der Waals surface area contributed by atoms with Gasteiger partial charge >= 0.3 is 5.97 Å². The smallest absolute Gasteiger partial charge is 0.338 e. The van der Waals surface area contributed by atoms with E-state index in [1.165, 1.54) is 0 Å². The Morgan fingerprint density at radius 3 is 2.79 bits per heavy atom. The van der Waals surface area contributed by atoms with Crippen LogP contribution in [-0.4, -0.2) is 28.4 Å². The first kappa shape index (κ1) is 18.2. The number of benzene rings is 1. The molecule has 24 heavy (non-hydrogen) atoms. The van der Waals surface area contributed by atoms with E-state index >= 15 is 0 Å². The quantitative estimate of drug-likeness (QED) is 0.536. The largest absolute Gasteiger partial charge is 0.462 e. The highest BCUT2D eigenvalue weighted by Gasteiger charge is 2.13. The lowest BCUT2D eigenvalue weighted by atomic mass is 10.1. The molecule has 0 N–H and O–H groups in total. The van der Waals surface area contributed by atoms with Crippen LogP contribution in [0.1, 0.15) is 58.9 Å². The molecule has 0 radical (unpaired) electrons. The number of rotatable bonds is 8. The molecule has 0 saturated heterocycles. The van der Waals surface area contributed by atoms with Crippen molar-refractivity contribution >= 4 is 23.9 Å². The van der Waals surface area contributed by atoms with Gasteiger partial charge in [0.05, 0.1) is 24.9 Å². The fourth-order valence-electron chi connectivity index (χ4n) is 2.43. The maximum Gasteiger partial charge on any atom is 0.338 e. The lowest BCUT2D eigenvalue weighted by Crippen LogP contribution is -2.10. The van der Waals surface area contributed by atoms with Crippen molar-refractivity contribution in [3.63, 3.8) is 0 Å².